The van der Waals surface area contributed by atoms with Gasteiger partial charge in [0.1, 0.15) is 0 Å². The average molecular weight is 110 g/mol. The van der Waals surface area contributed by atoms with Gasteiger partial charge in [-0.1, -0.05) is 6.92 Å². The van der Waals surface area contributed by atoms with Crippen LogP contribution in [0, 0.1) is 5.92 Å². The minimum absolute atomic E-state index is 0.368. The highest BCUT2D eigenvalue weighted by molar-refractivity contribution is 5.32. The molecule has 1 saturated carbocycles. The van der Waals surface area contributed by atoms with Crippen molar-refractivity contribution in [2.45, 2.75) is 19.0 Å². The summed E-state index contributed by atoms with van der Waals surface area (Å²) in [5.41, 5.74) is 0. The van der Waals surface area contributed by atoms with Crippen LogP contribution in [0.3, 0.4) is 0 Å². The normalized spacial score (nSPS) is 43.4. The Bertz CT molecular complexity index is 106. The first-order valence-corrected chi connectivity index (χ1v) is 2.73. The number of hydrogen-bond acceptors (Lipinski definition) is 2. The maximum Gasteiger partial charge on any atom is 0.0765 e. The quantitative estimate of drug-likeness (QED) is 0.469. The molecule has 44 valence electrons. The zero-order chi connectivity index (χ0) is 6.15. The third kappa shape index (κ3) is 0.565. The Kier molecular flexibility index (Phi) is 1.16. The van der Waals surface area contributed by atoms with Gasteiger partial charge in [-0.25, -0.2) is 0 Å². The molecule has 1 rings (SSSR count). The molecular weight excluding hydrogens is 100 g/mol. The summed E-state index contributed by atoms with van der Waals surface area (Å²) in [6, 6.07) is 0.736. The maximum atomic E-state index is 3.85. The third-order valence-electron chi connectivity index (χ3n) is 1.71. The monoisotopic (exact) mass is 110 g/mol. The Hall–Kier alpha value is -0.660. The van der Waals surface area contributed by atoms with Gasteiger partial charge in [0, 0.05) is 5.92 Å². The average Bonchev–Trinajstić information content (AvgIpc) is 2.40. The number of aliphatic imine (C=N–C) groups is 2. The van der Waals surface area contributed by atoms with Crippen LogP contribution in [-0.2, 0) is 0 Å². The van der Waals surface area contributed by atoms with Gasteiger partial charge in [-0.15, -0.1) is 0 Å². The summed E-state index contributed by atoms with van der Waals surface area (Å²) in [6.45, 7) is 8.98. The molecule has 0 aromatic heterocycles. The molecule has 1 fully saturated rings. The predicted octanol–water partition coefficient (Wildman–Crippen LogP) is 0.775. The van der Waals surface area contributed by atoms with E-state index in [1.807, 2.05) is 0 Å². The van der Waals surface area contributed by atoms with Gasteiger partial charge < -0.3 is 0 Å². The largest absolute Gasteiger partial charge is 0.295 e. The van der Waals surface area contributed by atoms with Crippen LogP contribution in [-0.4, -0.2) is 25.5 Å². The maximum absolute atomic E-state index is 3.85. The molecule has 0 saturated heterocycles. The summed E-state index contributed by atoms with van der Waals surface area (Å²) in [6.07, 6.45) is 0. The number of rotatable bonds is 2. The lowest BCUT2D eigenvalue weighted by Gasteiger charge is -1.77. The molecule has 8 heavy (non-hydrogen) atoms. The Morgan fingerprint density at radius 1 is 1.12 bits per heavy atom. The lowest BCUT2D eigenvalue weighted by Crippen LogP contribution is -1.81. The van der Waals surface area contributed by atoms with Crippen LogP contribution >= 0.6 is 0 Å². The second kappa shape index (κ2) is 1.69. The molecule has 0 heterocycles. The Labute approximate surface area is 49.3 Å². The lowest BCUT2D eigenvalue weighted by molar-refractivity contribution is 0.884. The van der Waals surface area contributed by atoms with E-state index in [1.54, 1.807) is 0 Å². The van der Waals surface area contributed by atoms with Gasteiger partial charge in [0.15, 0.2) is 0 Å². The van der Waals surface area contributed by atoms with Crippen molar-refractivity contribution >= 4 is 13.4 Å². The topological polar surface area (TPSA) is 24.7 Å². The van der Waals surface area contributed by atoms with Crippen molar-refractivity contribution in [3.63, 3.8) is 0 Å². The standard InChI is InChI=1S/C6H10N2/c1-4-5(7-2)6(4)8-3/h4-6H,2-3H2,1H3. The second-order valence-electron chi connectivity index (χ2n) is 2.21. The fourth-order valence-corrected chi connectivity index (χ4v) is 0.970. The van der Waals surface area contributed by atoms with Crippen molar-refractivity contribution in [2.75, 3.05) is 0 Å². The SMILES string of the molecule is C=NC1C(C)C1N=C. The summed E-state index contributed by atoms with van der Waals surface area (Å²) in [4.78, 5) is 7.70. The molecule has 2 unspecified atom stereocenters. The molecule has 2 atom stereocenters. The Balaban J connectivity index is 2.44. The smallest absolute Gasteiger partial charge is 0.0765 e. The molecule has 0 aromatic carbocycles. The fourth-order valence-electron chi connectivity index (χ4n) is 0.970. The highest BCUT2D eigenvalue weighted by Gasteiger charge is 2.45. The first-order valence-electron chi connectivity index (χ1n) is 2.73. The van der Waals surface area contributed by atoms with E-state index in [9.17, 15) is 0 Å². The van der Waals surface area contributed by atoms with E-state index in [-0.39, 0.29) is 0 Å². The van der Waals surface area contributed by atoms with E-state index in [0.29, 0.717) is 18.0 Å². The van der Waals surface area contributed by atoms with Crippen LogP contribution in [0.15, 0.2) is 9.98 Å². The van der Waals surface area contributed by atoms with Crippen LogP contribution in [0.2, 0.25) is 0 Å². The molecule has 2 heteroatoms. The summed E-state index contributed by atoms with van der Waals surface area (Å²) in [7, 11) is 0. The molecule has 0 amide bonds. The van der Waals surface area contributed by atoms with Crippen molar-refractivity contribution in [2.24, 2.45) is 15.9 Å². The third-order valence-corrected chi connectivity index (χ3v) is 1.71. The van der Waals surface area contributed by atoms with E-state index < -0.39 is 0 Å². The molecule has 0 aromatic rings. The van der Waals surface area contributed by atoms with Gasteiger partial charge in [0.25, 0.3) is 0 Å². The Morgan fingerprint density at radius 3 is 1.62 bits per heavy atom. The van der Waals surface area contributed by atoms with Gasteiger partial charge in [-0.2, -0.15) is 0 Å². The van der Waals surface area contributed by atoms with Crippen molar-refractivity contribution in [1.29, 1.82) is 0 Å². The van der Waals surface area contributed by atoms with E-state index >= 15 is 0 Å². The summed E-state index contributed by atoms with van der Waals surface area (Å²) in [5.74, 6) is 0.588. The van der Waals surface area contributed by atoms with Crippen molar-refractivity contribution < 1.29 is 0 Å². The first-order chi connectivity index (χ1) is 3.81. The molecule has 2 nitrogen and oxygen atoms in total. The van der Waals surface area contributed by atoms with Gasteiger partial charge in [-0.3, -0.25) is 9.98 Å². The van der Waals surface area contributed by atoms with Crippen molar-refractivity contribution in [1.82, 2.24) is 0 Å². The number of nitrogens with zero attached hydrogens (tertiary/aromatic N) is 2. The zero-order valence-corrected chi connectivity index (χ0v) is 5.04. The highest BCUT2D eigenvalue weighted by atomic mass is 15.0. The van der Waals surface area contributed by atoms with E-state index in [0.717, 1.165) is 0 Å². The molecule has 0 aliphatic heterocycles. The van der Waals surface area contributed by atoms with Crippen LogP contribution < -0.4 is 0 Å². The minimum atomic E-state index is 0.368. The van der Waals surface area contributed by atoms with Crippen molar-refractivity contribution in [3.05, 3.63) is 0 Å². The fraction of sp³-hybridized carbons (Fsp3) is 0.667. The minimum Gasteiger partial charge on any atom is -0.295 e. The van der Waals surface area contributed by atoms with Crippen LogP contribution in [0.5, 0.6) is 0 Å². The van der Waals surface area contributed by atoms with E-state index in [1.165, 1.54) is 0 Å². The van der Waals surface area contributed by atoms with E-state index in [2.05, 4.69) is 30.3 Å². The van der Waals surface area contributed by atoms with Crippen LogP contribution in [0.1, 0.15) is 6.92 Å². The lowest BCUT2D eigenvalue weighted by atomic mass is 10.5. The summed E-state index contributed by atoms with van der Waals surface area (Å²) in [5, 5.41) is 0. The number of hydrogen-bond donors (Lipinski definition) is 0. The van der Waals surface area contributed by atoms with Crippen LogP contribution in [0.4, 0.5) is 0 Å². The van der Waals surface area contributed by atoms with Gasteiger partial charge >= 0.3 is 0 Å². The molecule has 0 N–H and O–H groups in total. The summed E-state index contributed by atoms with van der Waals surface area (Å²) >= 11 is 0. The second-order valence-corrected chi connectivity index (χ2v) is 2.21. The van der Waals surface area contributed by atoms with Crippen molar-refractivity contribution in [3.8, 4) is 0 Å². The highest BCUT2D eigenvalue weighted by Crippen LogP contribution is 2.36. The first kappa shape index (κ1) is 5.48. The summed E-state index contributed by atoms with van der Waals surface area (Å²) < 4.78 is 0. The molecule has 1 aliphatic carbocycles. The molecular formula is C6H10N2. The van der Waals surface area contributed by atoms with Gasteiger partial charge in [0.05, 0.1) is 12.1 Å². The van der Waals surface area contributed by atoms with Gasteiger partial charge in [-0.05, 0) is 13.4 Å². The molecule has 0 spiro atoms. The molecule has 0 bridgehead atoms. The zero-order valence-electron chi connectivity index (χ0n) is 5.04. The van der Waals surface area contributed by atoms with Gasteiger partial charge in [0.2, 0.25) is 0 Å². The van der Waals surface area contributed by atoms with E-state index in [4.69, 9.17) is 0 Å². The van der Waals surface area contributed by atoms with Crippen LogP contribution in [0.25, 0.3) is 0 Å². The molecule has 1 aliphatic rings. The Morgan fingerprint density at radius 2 is 1.50 bits per heavy atom. The predicted molar refractivity (Wildman–Crippen MR) is 35.8 cm³/mol. The molecule has 0 radical (unpaired) electrons.